The lowest BCUT2D eigenvalue weighted by Crippen LogP contribution is -2.74. The minimum absolute atomic E-state index is 0.115. The number of carboxylic acids is 1. The van der Waals surface area contributed by atoms with Crippen molar-refractivity contribution in [2.45, 2.75) is 74.3 Å². The number of hydrogen-bond donors (Lipinski definition) is 3. The number of piperidine rings is 1. The lowest BCUT2D eigenvalue weighted by Gasteiger charge is -2.61. The van der Waals surface area contributed by atoms with E-state index in [1.165, 1.54) is 6.92 Å². The first kappa shape index (κ1) is 25.5. The van der Waals surface area contributed by atoms with Crippen LogP contribution in [0, 0.1) is 0 Å². The Balaban J connectivity index is 1.39. The highest BCUT2D eigenvalue weighted by atomic mass is 16.6. The number of benzene rings is 1. The van der Waals surface area contributed by atoms with Gasteiger partial charge in [0.05, 0.1) is 18.1 Å². The molecule has 2 aliphatic heterocycles. The van der Waals surface area contributed by atoms with Gasteiger partial charge in [-0.15, -0.1) is 0 Å². The molecule has 1 fully saturated rings. The molecule has 0 amide bonds. The number of hydrogen-bond acceptors (Lipinski definition) is 10. The molecule has 11 heteroatoms. The third kappa shape index (κ3) is 3.71. The summed E-state index contributed by atoms with van der Waals surface area (Å²) < 4.78 is 22.9. The lowest BCUT2D eigenvalue weighted by molar-refractivity contribution is -0.175. The van der Waals surface area contributed by atoms with Crippen LogP contribution in [0.4, 0.5) is 0 Å². The smallest absolute Gasteiger partial charge is 0.352 e. The zero-order valence-electron chi connectivity index (χ0n) is 21.1. The van der Waals surface area contributed by atoms with Crippen LogP contribution in [0.2, 0.25) is 0 Å². The predicted molar refractivity (Wildman–Crippen MR) is 128 cm³/mol. The summed E-state index contributed by atoms with van der Waals surface area (Å²) in [5.74, 6) is -1.40. The second-order valence-corrected chi connectivity index (χ2v) is 10.3. The second-order valence-electron chi connectivity index (χ2n) is 10.3. The molecular formula is C26H32N2O9. The van der Waals surface area contributed by atoms with Gasteiger partial charge in [0.1, 0.15) is 11.8 Å². The van der Waals surface area contributed by atoms with E-state index in [0.29, 0.717) is 24.3 Å². The highest BCUT2D eigenvalue weighted by Gasteiger charge is 2.72. The first-order chi connectivity index (χ1) is 17.5. The normalized spacial score (nSPS) is 30.8. The fourth-order valence-corrected chi connectivity index (χ4v) is 6.49. The SMILES string of the molecule is COc1ccc2c3c1O[C@H]1C(OC(=O)[C@H](C)OC(=O)CC[C@H](N)C(=O)O)=CC[C@@]4(O)[C@@H](C2)N(C)CC[C@]314. The number of methoxy groups -OCH3 is 1. The quantitative estimate of drug-likeness (QED) is 0.416. The highest BCUT2D eigenvalue weighted by molar-refractivity contribution is 5.80. The van der Waals surface area contributed by atoms with Crippen LogP contribution in [0.5, 0.6) is 11.5 Å². The van der Waals surface area contributed by atoms with Crippen LogP contribution in [0.25, 0.3) is 0 Å². The molecule has 2 heterocycles. The average Bonchev–Trinajstić information content (AvgIpc) is 3.22. The molecule has 11 nitrogen and oxygen atoms in total. The van der Waals surface area contributed by atoms with Crippen LogP contribution >= 0.6 is 0 Å². The molecule has 1 saturated heterocycles. The zero-order valence-corrected chi connectivity index (χ0v) is 21.1. The van der Waals surface area contributed by atoms with Crippen molar-refractivity contribution in [1.82, 2.24) is 4.90 Å². The summed E-state index contributed by atoms with van der Waals surface area (Å²) in [4.78, 5) is 38.1. The number of ether oxygens (including phenoxy) is 4. The molecule has 2 aliphatic carbocycles. The molecule has 6 atom stereocenters. The van der Waals surface area contributed by atoms with Gasteiger partial charge in [-0.1, -0.05) is 6.07 Å². The van der Waals surface area contributed by atoms with Crippen molar-refractivity contribution in [3.05, 3.63) is 35.1 Å². The van der Waals surface area contributed by atoms with Crippen LogP contribution in [-0.2, 0) is 35.7 Å². The number of esters is 2. The van der Waals surface area contributed by atoms with Crippen molar-refractivity contribution < 1.29 is 43.5 Å². The van der Waals surface area contributed by atoms with Gasteiger partial charge in [-0.2, -0.15) is 0 Å². The summed E-state index contributed by atoms with van der Waals surface area (Å²) >= 11 is 0. The van der Waals surface area contributed by atoms with Gasteiger partial charge in [0.15, 0.2) is 23.7 Å². The average molecular weight is 517 g/mol. The minimum atomic E-state index is -1.24. The molecule has 2 bridgehead atoms. The Morgan fingerprint density at radius 1 is 1.32 bits per heavy atom. The summed E-state index contributed by atoms with van der Waals surface area (Å²) in [7, 11) is 3.57. The van der Waals surface area contributed by atoms with E-state index in [0.717, 1.165) is 17.7 Å². The maximum absolute atomic E-state index is 12.9. The summed E-state index contributed by atoms with van der Waals surface area (Å²) in [5, 5.41) is 21.1. The Labute approximate surface area is 214 Å². The van der Waals surface area contributed by atoms with E-state index < -0.39 is 47.2 Å². The Kier molecular flexibility index (Phi) is 6.20. The molecule has 1 aromatic rings. The second kappa shape index (κ2) is 9.00. The summed E-state index contributed by atoms with van der Waals surface area (Å²) in [6.07, 6.45) is 0.861. The monoisotopic (exact) mass is 516 g/mol. The number of nitrogens with zero attached hydrogens (tertiary/aromatic N) is 1. The van der Waals surface area contributed by atoms with E-state index in [1.807, 2.05) is 19.2 Å². The number of carboxylic acid groups (broad SMARTS) is 1. The topological polar surface area (TPSA) is 158 Å². The Bertz CT molecular complexity index is 1180. The largest absolute Gasteiger partial charge is 0.493 e. The lowest BCUT2D eigenvalue weighted by atomic mass is 9.50. The van der Waals surface area contributed by atoms with E-state index in [9.17, 15) is 19.5 Å². The van der Waals surface area contributed by atoms with Crippen molar-refractivity contribution in [3.8, 4) is 11.5 Å². The third-order valence-electron chi connectivity index (χ3n) is 8.39. The minimum Gasteiger partial charge on any atom is -0.493 e. The zero-order chi connectivity index (χ0) is 26.7. The van der Waals surface area contributed by atoms with Gasteiger partial charge in [-0.05, 0) is 57.5 Å². The number of carbonyl (C=O) groups is 3. The van der Waals surface area contributed by atoms with Crippen molar-refractivity contribution in [3.63, 3.8) is 0 Å². The highest BCUT2D eigenvalue weighted by Crippen LogP contribution is 2.65. The van der Waals surface area contributed by atoms with Crippen LogP contribution < -0.4 is 15.2 Å². The van der Waals surface area contributed by atoms with Gasteiger partial charge in [-0.25, -0.2) is 4.79 Å². The molecule has 0 aromatic heterocycles. The summed E-state index contributed by atoms with van der Waals surface area (Å²) in [6.45, 7) is 2.11. The predicted octanol–water partition coefficient (Wildman–Crippen LogP) is 0.640. The Morgan fingerprint density at radius 2 is 2.08 bits per heavy atom. The molecule has 0 radical (unpaired) electrons. The van der Waals surface area contributed by atoms with Gasteiger partial charge in [0.25, 0.3) is 0 Å². The van der Waals surface area contributed by atoms with E-state index in [2.05, 4.69) is 4.90 Å². The van der Waals surface area contributed by atoms with Crippen molar-refractivity contribution in [1.29, 1.82) is 0 Å². The Hall–Kier alpha value is -3.15. The van der Waals surface area contributed by atoms with Gasteiger partial charge in [0.2, 0.25) is 0 Å². The first-order valence-electron chi connectivity index (χ1n) is 12.4. The number of carbonyl (C=O) groups excluding carboxylic acids is 2. The molecule has 37 heavy (non-hydrogen) atoms. The van der Waals surface area contributed by atoms with Crippen LogP contribution in [-0.4, -0.2) is 83.6 Å². The van der Waals surface area contributed by atoms with Gasteiger partial charge < -0.3 is 39.8 Å². The molecular weight excluding hydrogens is 484 g/mol. The molecule has 1 aromatic carbocycles. The van der Waals surface area contributed by atoms with E-state index in [4.69, 9.17) is 29.8 Å². The van der Waals surface area contributed by atoms with E-state index in [-0.39, 0.29) is 31.1 Å². The molecule has 4 N–H and O–H groups in total. The number of rotatable bonds is 8. The molecule has 4 aliphatic rings. The van der Waals surface area contributed by atoms with E-state index in [1.54, 1.807) is 13.2 Å². The maximum atomic E-state index is 12.9. The maximum Gasteiger partial charge on any atom is 0.352 e. The number of likely N-dealkylation sites (N-methyl/N-ethyl adjacent to an activating group) is 1. The van der Waals surface area contributed by atoms with Crippen molar-refractivity contribution in [2.24, 2.45) is 5.73 Å². The standard InChI is InChI=1S/C26H32N2O9/c1-13(35-19(29)7-5-15(27)23(30)31)24(32)36-17-8-9-26(33)18-12-14-4-6-16(34-3)21-20(14)25(26,22(17)37-21)10-11-28(18)2/h4,6,8,13,15,18,22,33H,5,7,9-12,27H2,1-3H3,(H,30,31)/t13-,15-,18+,22-,25-,26+/m0/s1. The van der Waals surface area contributed by atoms with Gasteiger partial charge >= 0.3 is 17.9 Å². The number of aliphatic carboxylic acids is 1. The van der Waals surface area contributed by atoms with Crippen LogP contribution in [0.3, 0.4) is 0 Å². The van der Waals surface area contributed by atoms with Crippen LogP contribution in [0.15, 0.2) is 24.0 Å². The number of nitrogens with two attached hydrogens (primary N) is 1. The molecule has 200 valence electrons. The van der Waals surface area contributed by atoms with Gasteiger partial charge in [-0.3, -0.25) is 9.59 Å². The number of likely N-dealkylation sites (tertiary alicyclic amines) is 1. The molecule has 5 rings (SSSR count). The fraction of sp³-hybridized carbons (Fsp3) is 0.577. The van der Waals surface area contributed by atoms with E-state index >= 15 is 0 Å². The summed E-state index contributed by atoms with van der Waals surface area (Å²) in [5.41, 5.74) is 5.46. The summed E-state index contributed by atoms with van der Waals surface area (Å²) in [6, 6.07) is 2.54. The molecule has 0 saturated carbocycles. The third-order valence-corrected chi connectivity index (χ3v) is 8.39. The number of aliphatic hydroxyl groups is 1. The Morgan fingerprint density at radius 3 is 2.78 bits per heavy atom. The molecule has 1 spiro atoms. The van der Waals surface area contributed by atoms with Crippen LogP contribution in [0.1, 0.15) is 43.7 Å². The van der Waals surface area contributed by atoms with Crippen molar-refractivity contribution >= 4 is 17.9 Å². The molecule has 0 unspecified atom stereocenters. The fourth-order valence-electron chi connectivity index (χ4n) is 6.49. The first-order valence-corrected chi connectivity index (χ1v) is 12.4. The van der Waals surface area contributed by atoms with Crippen molar-refractivity contribution in [2.75, 3.05) is 20.7 Å². The van der Waals surface area contributed by atoms with Gasteiger partial charge in [0, 0.05) is 24.4 Å².